The fraction of sp³-hybridized carbons (Fsp3) is 0.636. The van der Waals surface area contributed by atoms with E-state index in [1.165, 1.54) is 30.7 Å². The smallest absolute Gasteiger partial charge is 0.0596 e. The van der Waals surface area contributed by atoms with Gasteiger partial charge in [-0.1, -0.05) is 6.07 Å². The zero-order chi connectivity index (χ0) is 9.54. The molecule has 1 aliphatic heterocycles. The third kappa shape index (κ3) is 1.40. The highest BCUT2D eigenvalue weighted by Gasteiger charge is 2.41. The van der Waals surface area contributed by atoms with Gasteiger partial charge in [0.25, 0.3) is 0 Å². The molecule has 3 rings (SSSR count). The summed E-state index contributed by atoms with van der Waals surface area (Å²) in [6.07, 6.45) is 3.93. The second-order valence-electron chi connectivity index (χ2n) is 4.38. The molecule has 2 atom stereocenters. The molecule has 0 radical (unpaired) electrons. The lowest BCUT2D eigenvalue weighted by atomic mass is 10.1. The summed E-state index contributed by atoms with van der Waals surface area (Å²) < 4.78 is 0. The summed E-state index contributed by atoms with van der Waals surface area (Å²) in [5.41, 5.74) is 6.19. The van der Waals surface area contributed by atoms with Crippen LogP contribution < -0.4 is 5.73 Å². The summed E-state index contributed by atoms with van der Waals surface area (Å²) in [4.78, 5) is 4.08. The van der Waals surface area contributed by atoms with Crippen LogP contribution in [0.5, 0.6) is 0 Å². The molecule has 2 heterocycles. The minimum atomic E-state index is 0.356. The van der Waals surface area contributed by atoms with Gasteiger partial charge in [0.05, 0.1) is 6.04 Å². The average Bonchev–Trinajstić information content (AvgIpc) is 2.75. The van der Waals surface area contributed by atoms with Gasteiger partial charge in [0.2, 0.25) is 0 Å². The van der Waals surface area contributed by atoms with E-state index in [9.17, 15) is 0 Å². The van der Waals surface area contributed by atoms with Gasteiger partial charge >= 0.3 is 0 Å². The van der Waals surface area contributed by atoms with Gasteiger partial charge in [-0.3, -0.25) is 4.90 Å². The van der Waals surface area contributed by atoms with Gasteiger partial charge in [0.1, 0.15) is 0 Å². The van der Waals surface area contributed by atoms with Crippen molar-refractivity contribution in [1.29, 1.82) is 0 Å². The van der Waals surface area contributed by atoms with Gasteiger partial charge in [-0.2, -0.15) is 0 Å². The Balaban J connectivity index is 1.86. The van der Waals surface area contributed by atoms with Crippen LogP contribution in [0.25, 0.3) is 0 Å². The van der Waals surface area contributed by atoms with E-state index < -0.39 is 0 Å². The lowest BCUT2D eigenvalue weighted by Gasteiger charge is -2.25. The molecule has 1 aromatic heterocycles. The molecule has 0 spiro atoms. The summed E-state index contributed by atoms with van der Waals surface area (Å²) in [6, 6.07) is 6.08. The SMILES string of the molecule is NC1CCN(C2CC2)C1c1cccs1. The highest BCUT2D eigenvalue weighted by atomic mass is 32.1. The number of rotatable bonds is 2. The molecular formula is C11H16N2S. The van der Waals surface area contributed by atoms with Crippen molar-refractivity contribution >= 4 is 11.3 Å². The highest BCUT2D eigenvalue weighted by Crippen LogP contribution is 2.41. The molecule has 76 valence electrons. The number of hydrogen-bond acceptors (Lipinski definition) is 3. The van der Waals surface area contributed by atoms with Crippen molar-refractivity contribution in [1.82, 2.24) is 4.90 Å². The van der Waals surface area contributed by atoms with E-state index in [2.05, 4.69) is 22.4 Å². The fourth-order valence-electron chi connectivity index (χ4n) is 2.49. The Labute approximate surface area is 88.7 Å². The summed E-state index contributed by atoms with van der Waals surface area (Å²) in [5, 5.41) is 2.16. The second kappa shape index (κ2) is 3.33. The van der Waals surface area contributed by atoms with Crippen molar-refractivity contribution in [2.45, 2.75) is 37.4 Å². The third-order valence-corrected chi connectivity index (χ3v) is 4.28. The summed E-state index contributed by atoms with van der Waals surface area (Å²) in [5.74, 6) is 0. The minimum Gasteiger partial charge on any atom is -0.326 e. The largest absolute Gasteiger partial charge is 0.326 e. The maximum atomic E-state index is 6.19. The zero-order valence-electron chi connectivity index (χ0n) is 8.23. The van der Waals surface area contributed by atoms with Gasteiger partial charge in [0.15, 0.2) is 0 Å². The summed E-state index contributed by atoms with van der Waals surface area (Å²) in [7, 11) is 0. The van der Waals surface area contributed by atoms with E-state index in [0.29, 0.717) is 12.1 Å². The van der Waals surface area contributed by atoms with E-state index in [0.717, 1.165) is 6.04 Å². The van der Waals surface area contributed by atoms with Crippen molar-refractivity contribution in [2.75, 3.05) is 6.54 Å². The molecule has 2 aliphatic rings. The zero-order valence-corrected chi connectivity index (χ0v) is 9.04. The molecule has 1 saturated carbocycles. The lowest BCUT2D eigenvalue weighted by molar-refractivity contribution is 0.240. The number of nitrogens with zero attached hydrogens (tertiary/aromatic N) is 1. The minimum absolute atomic E-state index is 0.356. The van der Waals surface area contributed by atoms with Crippen LogP contribution in [0.1, 0.15) is 30.2 Å². The lowest BCUT2D eigenvalue weighted by Crippen LogP contribution is -2.32. The Hall–Kier alpha value is -0.380. The average molecular weight is 208 g/mol. The van der Waals surface area contributed by atoms with Crippen molar-refractivity contribution in [3.8, 4) is 0 Å². The van der Waals surface area contributed by atoms with Gasteiger partial charge in [-0.15, -0.1) is 11.3 Å². The Morgan fingerprint density at radius 2 is 2.21 bits per heavy atom. The maximum Gasteiger partial charge on any atom is 0.0596 e. The van der Waals surface area contributed by atoms with Crippen LogP contribution in [0, 0.1) is 0 Å². The fourth-order valence-corrected chi connectivity index (χ4v) is 3.41. The molecular weight excluding hydrogens is 192 g/mol. The first-order valence-corrected chi connectivity index (χ1v) is 6.29. The molecule has 0 amide bonds. The van der Waals surface area contributed by atoms with Crippen molar-refractivity contribution in [3.05, 3.63) is 22.4 Å². The molecule has 1 aliphatic carbocycles. The van der Waals surface area contributed by atoms with E-state index in [-0.39, 0.29) is 0 Å². The van der Waals surface area contributed by atoms with Crippen LogP contribution >= 0.6 is 11.3 Å². The quantitative estimate of drug-likeness (QED) is 0.805. The molecule has 2 unspecified atom stereocenters. The third-order valence-electron chi connectivity index (χ3n) is 3.33. The number of thiophene rings is 1. The van der Waals surface area contributed by atoms with Gasteiger partial charge in [-0.25, -0.2) is 0 Å². The Bertz CT molecular complexity index is 305. The molecule has 1 aromatic rings. The van der Waals surface area contributed by atoms with Crippen molar-refractivity contribution < 1.29 is 0 Å². The molecule has 2 N–H and O–H groups in total. The highest BCUT2D eigenvalue weighted by molar-refractivity contribution is 7.10. The predicted octanol–water partition coefficient (Wildman–Crippen LogP) is 1.98. The van der Waals surface area contributed by atoms with E-state index >= 15 is 0 Å². The van der Waals surface area contributed by atoms with E-state index in [1.54, 1.807) is 0 Å². The molecule has 1 saturated heterocycles. The maximum absolute atomic E-state index is 6.19. The van der Waals surface area contributed by atoms with Gasteiger partial charge < -0.3 is 5.73 Å². The first kappa shape index (κ1) is 8.89. The molecule has 2 nitrogen and oxygen atoms in total. The van der Waals surface area contributed by atoms with Crippen molar-refractivity contribution in [3.63, 3.8) is 0 Å². The topological polar surface area (TPSA) is 29.3 Å². The van der Waals surface area contributed by atoms with E-state index in [4.69, 9.17) is 5.73 Å². The number of nitrogens with two attached hydrogens (primary N) is 1. The molecule has 14 heavy (non-hydrogen) atoms. The Kier molecular flexibility index (Phi) is 2.11. The molecule has 0 bridgehead atoms. The second-order valence-corrected chi connectivity index (χ2v) is 5.36. The standard InChI is InChI=1S/C11H16N2S/c12-9-5-6-13(8-3-4-8)11(9)10-2-1-7-14-10/h1-2,7-9,11H,3-6,12H2. The molecule has 0 aromatic carbocycles. The van der Waals surface area contributed by atoms with Crippen LogP contribution in [-0.4, -0.2) is 23.5 Å². The van der Waals surface area contributed by atoms with Gasteiger partial charge in [0, 0.05) is 23.5 Å². The predicted molar refractivity (Wildman–Crippen MR) is 59.4 cm³/mol. The van der Waals surface area contributed by atoms with Crippen molar-refractivity contribution in [2.24, 2.45) is 5.73 Å². The number of likely N-dealkylation sites (tertiary alicyclic amines) is 1. The molecule has 3 heteroatoms. The van der Waals surface area contributed by atoms with Crippen LogP contribution in [0.3, 0.4) is 0 Å². The summed E-state index contributed by atoms with van der Waals surface area (Å²) in [6.45, 7) is 1.20. The van der Waals surface area contributed by atoms with Gasteiger partial charge in [-0.05, 0) is 30.7 Å². The van der Waals surface area contributed by atoms with Crippen LogP contribution in [0.15, 0.2) is 17.5 Å². The first-order valence-electron chi connectivity index (χ1n) is 5.41. The van der Waals surface area contributed by atoms with E-state index in [1.807, 2.05) is 11.3 Å². The Morgan fingerprint density at radius 3 is 2.86 bits per heavy atom. The Morgan fingerprint density at radius 1 is 1.36 bits per heavy atom. The molecule has 2 fully saturated rings. The van der Waals surface area contributed by atoms with Crippen LogP contribution in [0.4, 0.5) is 0 Å². The summed E-state index contributed by atoms with van der Waals surface area (Å²) >= 11 is 1.85. The number of hydrogen-bond donors (Lipinski definition) is 1. The van der Waals surface area contributed by atoms with Crippen LogP contribution in [0.2, 0.25) is 0 Å². The van der Waals surface area contributed by atoms with Crippen LogP contribution in [-0.2, 0) is 0 Å². The monoisotopic (exact) mass is 208 g/mol. The normalized spacial score (nSPS) is 33.8. The first-order chi connectivity index (χ1) is 6.86.